The van der Waals surface area contributed by atoms with Gasteiger partial charge in [0.1, 0.15) is 24.7 Å². The lowest BCUT2D eigenvalue weighted by Crippen LogP contribution is -2.39. The predicted molar refractivity (Wildman–Crippen MR) is 122 cm³/mol. The normalized spacial score (nSPS) is 20.1. The van der Waals surface area contributed by atoms with E-state index in [2.05, 4.69) is 20.3 Å². The van der Waals surface area contributed by atoms with Gasteiger partial charge in [0.25, 0.3) is 0 Å². The molecule has 34 heavy (non-hydrogen) atoms. The molecular weight excluding hydrogens is 444 g/mol. The number of nitrogens with one attached hydrogen (secondary N) is 1. The van der Waals surface area contributed by atoms with Crippen molar-refractivity contribution in [3.05, 3.63) is 47.7 Å². The van der Waals surface area contributed by atoms with Crippen molar-refractivity contribution in [2.75, 3.05) is 46.5 Å². The van der Waals surface area contributed by atoms with E-state index in [9.17, 15) is 4.39 Å². The summed E-state index contributed by atoms with van der Waals surface area (Å²) in [5.74, 6) is 1.30. The van der Waals surface area contributed by atoms with Gasteiger partial charge in [-0.15, -0.1) is 0 Å². The van der Waals surface area contributed by atoms with Crippen molar-refractivity contribution in [2.24, 2.45) is 0 Å². The van der Waals surface area contributed by atoms with Crippen molar-refractivity contribution in [2.45, 2.75) is 25.1 Å². The Hall–Kier alpha value is -3.11. The molecule has 3 aromatic heterocycles. The third kappa shape index (κ3) is 4.88. The van der Waals surface area contributed by atoms with Crippen LogP contribution in [0, 0.1) is 5.82 Å². The number of pyridine rings is 3. The van der Waals surface area contributed by atoms with Crippen LogP contribution in [-0.2, 0) is 13.0 Å². The van der Waals surface area contributed by atoms with Crippen molar-refractivity contribution >= 4 is 11.0 Å². The monoisotopic (exact) mass is 471 g/mol. The Kier molecular flexibility index (Phi) is 6.42. The smallest absolute Gasteiger partial charge is 0.213 e. The Morgan fingerprint density at radius 2 is 2.03 bits per heavy atom. The molecule has 3 aromatic rings. The molecule has 8 nitrogen and oxygen atoms in total. The summed E-state index contributed by atoms with van der Waals surface area (Å²) in [5, 5.41) is 3.18. The average molecular weight is 472 g/mol. The average Bonchev–Trinajstić information content (AvgIpc) is 3.23. The Balaban J connectivity index is 1.16. The molecule has 5 rings (SSSR count). The van der Waals surface area contributed by atoms with E-state index in [0.717, 1.165) is 5.69 Å². The number of fused-ring (bicyclic) bond motifs is 2. The molecule has 0 saturated carbocycles. The maximum atomic E-state index is 15.4. The first kappa shape index (κ1) is 22.7. The summed E-state index contributed by atoms with van der Waals surface area (Å²) in [6.45, 7) is 3.11. The van der Waals surface area contributed by atoms with Crippen LogP contribution in [0.3, 0.4) is 0 Å². The van der Waals surface area contributed by atoms with E-state index in [1.807, 2.05) is 11.0 Å². The highest BCUT2D eigenvalue weighted by Gasteiger charge is 2.37. The number of ether oxygens (including phenoxy) is 3. The van der Waals surface area contributed by atoms with Gasteiger partial charge in [-0.2, -0.15) is 0 Å². The van der Waals surface area contributed by atoms with Crippen LogP contribution in [0.1, 0.15) is 17.7 Å². The lowest BCUT2D eigenvalue weighted by molar-refractivity contribution is 0.161. The number of nitrogens with zero attached hydrogens (tertiary/aromatic N) is 4. The van der Waals surface area contributed by atoms with E-state index in [4.69, 9.17) is 14.2 Å². The second-order valence-corrected chi connectivity index (χ2v) is 8.66. The third-order valence-electron chi connectivity index (χ3n) is 6.24. The van der Waals surface area contributed by atoms with Crippen molar-refractivity contribution < 1.29 is 23.0 Å². The zero-order valence-electron chi connectivity index (χ0n) is 19.0. The molecule has 1 fully saturated rings. The number of rotatable bonds is 8. The molecule has 180 valence electrons. The van der Waals surface area contributed by atoms with Gasteiger partial charge in [0, 0.05) is 50.4 Å². The lowest BCUT2D eigenvalue weighted by atomic mass is 10.1. The standard InChI is InChI=1S/C24H27F2N5O3/c1-32-22-3-2-19-23(30-22)17(18(25)12-29-19)4-6-31-7-5-24(26,15-31)14-27-11-16-10-20-21(13-28-16)34-9-8-33-20/h2-3,10,12-13,27H,4-9,11,14-15H2,1H3. The highest BCUT2D eigenvalue weighted by atomic mass is 19.1. The molecule has 1 unspecified atom stereocenters. The first-order valence-corrected chi connectivity index (χ1v) is 11.4. The van der Waals surface area contributed by atoms with Gasteiger partial charge in [0.15, 0.2) is 11.5 Å². The molecule has 2 aliphatic rings. The molecule has 1 atom stereocenters. The number of likely N-dealkylation sites (tertiary alicyclic amines) is 1. The highest BCUT2D eigenvalue weighted by Crippen LogP contribution is 2.30. The molecule has 5 heterocycles. The SMILES string of the molecule is COc1ccc2ncc(F)c(CCN3CCC(F)(CNCc4cc5c(cn4)OCCO5)C3)c2n1. The zero-order chi connectivity index (χ0) is 23.5. The molecule has 1 saturated heterocycles. The minimum atomic E-state index is -1.35. The van der Waals surface area contributed by atoms with Crippen LogP contribution >= 0.6 is 0 Å². The van der Waals surface area contributed by atoms with Gasteiger partial charge in [-0.05, 0) is 18.9 Å². The van der Waals surface area contributed by atoms with Crippen LogP contribution in [-0.4, -0.2) is 72.0 Å². The Bertz CT molecular complexity index is 1180. The van der Waals surface area contributed by atoms with Crippen molar-refractivity contribution in [3.63, 3.8) is 0 Å². The predicted octanol–water partition coefficient (Wildman–Crippen LogP) is 2.69. The van der Waals surface area contributed by atoms with E-state index in [0.29, 0.717) is 79.7 Å². The summed E-state index contributed by atoms with van der Waals surface area (Å²) in [5.41, 5.74) is 0.983. The fourth-order valence-corrected chi connectivity index (χ4v) is 4.45. The fraction of sp³-hybridized carbons (Fsp3) is 0.458. The van der Waals surface area contributed by atoms with Crippen LogP contribution in [0.2, 0.25) is 0 Å². The molecule has 0 amide bonds. The van der Waals surface area contributed by atoms with E-state index in [1.165, 1.54) is 13.3 Å². The second-order valence-electron chi connectivity index (χ2n) is 8.66. The maximum Gasteiger partial charge on any atom is 0.213 e. The first-order valence-electron chi connectivity index (χ1n) is 11.4. The quantitative estimate of drug-likeness (QED) is 0.537. The number of hydrogen-bond donors (Lipinski definition) is 1. The molecule has 0 radical (unpaired) electrons. The molecule has 1 N–H and O–H groups in total. The minimum Gasteiger partial charge on any atom is -0.486 e. The molecule has 2 aliphatic heterocycles. The largest absolute Gasteiger partial charge is 0.486 e. The summed E-state index contributed by atoms with van der Waals surface area (Å²) in [6, 6.07) is 5.28. The summed E-state index contributed by atoms with van der Waals surface area (Å²) in [6.07, 6.45) is 3.68. The number of alkyl halides is 1. The topological polar surface area (TPSA) is 81.6 Å². The van der Waals surface area contributed by atoms with Crippen molar-refractivity contribution in [1.82, 2.24) is 25.2 Å². The second kappa shape index (κ2) is 9.63. The summed E-state index contributed by atoms with van der Waals surface area (Å²) in [7, 11) is 1.52. The van der Waals surface area contributed by atoms with Gasteiger partial charge < -0.3 is 19.5 Å². The van der Waals surface area contributed by atoms with E-state index in [1.54, 1.807) is 18.3 Å². The molecule has 0 aromatic carbocycles. The van der Waals surface area contributed by atoms with Crippen LogP contribution < -0.4 is 19.5 Å². The van der Waals surface area contributed by atoms with Crippen molar-refractivity contribution in [3.8, 4) is 17.4 Å². The van der Waals surface area contributed by atoms with Crippen LogP contribution in [0.5, 0.6) is 17.4 Å². The zero-order valence-corrected chi connectivity index (χ0v) is 19.0. The van der Waals surface area contributed by atoms with Crippen molar-refractivity contribution in [1.29, 1.82) is 0 Å². The number of aromatic nitrogens is 3. The summed E-state index contributed by atoms with van der Waals surface area (Å²) < 4.78 is 46.2. The van der Waals surface area contributed by atoms with Crippen LogP contribution in [0.25, 0.3) is 11.0 Å². The number of hydrogen-bond acceptors (Lipinski definition) is 8. The lowest BCUT2D eigenvalue weighted by Gasteiger charge is -2.22. The highest BCUT2D eigenvalue weighted by molar-refractivity contribution is 5.78. The van der Waals surface area contributed by atoms with Gasteiger partial charge in [0.2, 0.25) is 5.88 Å². The number of halogens is 2. The van der Waals surface area contributed by atoms with Gasteiger partial charge in [-0.3, -0.25) is 14.9 Å². The molecule has 0 spiro atoms. The van der Waals surface area contributed by atoms with Gasteiger partial charge in [-0.25, -0.2) is 13.8 Å². The van der Waals surface area contributed by atoms with Crippen LogP contribution in [0.15, 0.2) is 30.6 Å². The first-order chi connectivity index (χ1) is 16.5. The van der Waals surface area contributed by atoms with Gasteiger partial charge in [-0.1, -0.05) is 0 Å². The van der Waals surface area contributed by atoms with E-state index in [-0.39, 0.29) is 13.1 Å². The molecule has 10 heteroatoms. The van der Waals surface area contributed by atoms with Crippen LogP contribution in [0.4, 0.5) is 8.78 Å². The Morgan fingerprint density at radius 3 is 2.88 bits per heavy atom. The minimum absolute atomic E-state index is 0.213. The van der Waals surface area contributed by atoms with Gasteiger partial charge in [0.05, 0.1) is 36.2 Å². The Morgan fingerprint density at radius 1 is 1.18 bits per heavy atom. The third-order valence-corrected chi connectivity index (χ3v) is 6.24. The molecule has 0 aliphatic carbocycles. The fourth-order valence-electron chi connectivity index (χ4n) is 4.45. The summed E-state index contributed by atoms with van der Waals surface area (Å²) in [4.78, 5) is 14.9. The van der Waals surface area contributed by atoms with E-state index < -0.39 is 11.5 Å². The molecule has 0 bridgehead atoms. The maximum absolute atomic E-state index is 15.4. The van der Waals surface area contributed by atoms with E-state index >= 15 is 4.39 Å². The Labute approximate surface area is 196 Å². The molecular formula is C24H27F2N5O3. The number of methoxy groups -OCH3 is 1. The summed E-state index contributed by atoms with van der Waals surface area (Å²) >= 11 is 0. The van der Waals surface area contributed by atoms with Gasteiger partial charge >= 0.3 is 0 Å².